The minimum absolute atomic E-state index is 0.0876. The van der Waals surface area contributed by atoms with Crippen molar-refractivity contribution >= 4 is 17.7 Å². The molecule has 0 aliphatic rings. The van der Waals surface area contributed by atoms with Crippen LogP contribution in [0.4, 0.5) is 0 Å². The number of hydrogen-bond donors (Lipinski definition) is 0. The Bertz CT molecular complexity index is 625. The van der Waals surface area contributed by atoms with Gasteiger partial charge in [0.2, 0.25) is 5.91 Å². The standard InChI is InChI=1S/C17H24N4OS/c1-4-5-11-21-15(12-14-9-7-6-8-10-14)18-19-17(21)23-13-16(22)20(2)3/h6-10H,4-5,11-13H2,1-3H3. The van der Waals surface area contributed by atoms with Crippen LogP contribution in [-0.2, 0) is 17.8 Å². The predicted molar refractivity (Wildman–Crippen MR) is 93.6 cm³/mol. The van der Waals surface area contributed by atoms with Gasteiger partial charge in [-0.25, -0.2) is 0 Å². The lowest BCUT2D eigenvalue weighted by molar-refractivity contribution is -0.125. The molecule has 23 heavy (non-hydrogen) atoms. The molecule has 2 rings (SSSR count). The lowest BCUT2D eigenvalue weighted by atomic mass is 10.1. The number of thioether (sulfide) groups is 1. The molecule has 0 N–H and O–H groups in total. The molecule has 1 aromatic heterocycles. The highest BCUT2D eigenvalue weighted by molar-refractivity contribution is 7.99. The summed E-state index contributed by atoms with van der Waals surface area (Å²) in [4.78, 5) is 13.4. The van der Waals surface area contributed by atoms with Crippen LogP contribution in [0.2, 0.25) is 0 Å². The van der Waals surface area contributed by atoms with Crippen LogP contribution in [0.3, 0.4) is 0 Å². The molecule has 124 valence electrons. The summed E-state index contributed by atoms with van der Waals surface area (Å²) in [6.07, 6.45) is 2.96. The van der Waals surface area contributed by atoms with Gasteiger partial charge in [-0.15, -0.1) is 10.2 Å². The molecule has 2 aromatic rings. The number of amides is 1. The highest BCUT2D eigenvalue weighted by Gasteiger charge is 2.15. The molecule has 0 saturated heterocycles. The zero-order valence-electron chi connectivity index (χ0n) is 14.0. The normalized spacial score (nSPS) is 10.7. The Kier molecular flexibility index (Phi) is 6.65. The summed E-state index contributed by atoms with van der Waals surface area (Å²) in [7, 11) is 3.54. The van der Waals surface area contributed by atoms with Gasteiger partial charge in [-0.3, -0.25) is 4.79 Å². The molecular weight excluding hydrogens is 308 g/mol. The van der Waals surface area contributed by atoms with Crippen LogP contribution < -0.4 is 0 Å². The fraction of sp³-hybridized carbons (Fsp3) is 0.471. The van der Waals surface area contributed by atoms with Gasteiger partial charge in [0.05, 0.1) is 5.75 Å². The van der Waals surface area contributed by atoms with Crippen LogP contribution in [0.1, 0.15) is 31.2 Å². The van der Waals surface area contributed by atoms with Gasteiger partial charge >= 0.3 is 0 Å². The third kappa shape index (κ3) is 5.10. The largest absolute Gasteiger partial charge is 0.348 e. The first kappa shape index (κ1) is 17.5. The van der Waals surface area contributed by atoms with E-state index in [1.54, 1.807) is 19.0 Å². The number of carbonyl (C=O) groups is 1. The molecule has 0 aliphatic carbocycles. The quantitative estimate of drug-likeness (QED) is 0.698. The van der Waals surface area contributed by atoms with E-state index >= 15 is 0 Å². The fourth-order valence-corrected chi connectivity index (χ4v) is 3.09. The third-order valence-electron chi connectivity index (χ3n) is 3.56. The van der Waals surface area contributed by atoms with Crippen molar-refractivity contribution in [3.05, 3.63) is 41.7 Å². The first-order chi connectivity index (χ1) is 11.1. The van der Waals surface area contributed by atoms with Crippen LogP contribution in [0.25, 0.3) is 0 Å². The average molecular weight is 332 g/mol. The van der Waals surface area contributed by atoms with Gasteiger partial charge in [-0.2, -0.15) is 0 Å². The Morgan fingerprint density at radius 1 is 1.22 bits per heavy atom. The molecular formula is C17H24N4OS. The molecule has 1 heterocycles. The van der Waals surface area contributed by atoms with Gasteiger partial charge in [0.15, 0.2) is 5.16 Å². The number of unbranched alkanes of at least 4 members (excludes halogenated alkanes) is 1. The van der Waals surface area contributed by atoms with Crippen molar-refractivity contribution in [3.63, 3.8) is 0 Å². The van der Waals surface area contributed by atoms with E-state index in [1.807, 2.05) is 18.2 Å². The van der Waals surface area contributed by atoms with E-state index in [0.29, 0.717) is 5.75 Å². The van der Waals surface area contributed by atoms with Crippen molar-refractivity contribution in [1.29, 1.82) is 0 Å². The van der Waals surface area contributed by atoms with Gasteiger partial charge in [0, 0.05) is 27.1 Å². The van der Waals surface area contributed by atoms with Crippen LogP contribution in [0, 0.1) is 0 Å². The molecule has 0 radical (unpaired) electrons. The Morgan fingerprint density at radius 2 is 1.96 bits per heavy atom. The van der Waals surface area contributed by atoms with Gasteiger partial charge in [0.1, 0.15) is 5.82 Å². The minimum atomic E-state index is 0.0876. The SMILES string of the molecule is CCCCn1c(Cc2ccccc2)nnc1SCC(=O)N(C)C. The summed E-state index contributed by atoms with van der Waals surface area (Å²) in [6.45, 7) is 3.06. The first-order valence-corrected chi connectivity index (χ1v) is 8.89. The molecule has 1 aromatic carbocycles. The molecule has 0 bridgehead atoms. The molecule has 1 amide bonds. The lowest BCUT2D eigenvalue weighted by Crippen LogP contribution is -2.23. The van der Waals surface area contributed by atoms with Gasteiger partial charge < -0.3 is 9.47 Å². The molecule has 0 atom stereocenters. The molecule has 0 saturated carbocycles. The molecule has 5 nitrogen and oxygen atoms in total. The van der Waals surface area contributed by atoms with E-state index in [1.165, 1.54) is 17.3 Å². The van der Waals surface area contributed by atoms with Crippen molar-refractivity contribution in [2.75, 3.05) is 19.8 Å². The van der Waals surface area contributed by atoms with E-state index in [0.717, 1.165) is 36.8 Å². The van der Waals surface area contributed by atoms with Gasteiger partial charge in [0.25, 0.3) is 0 Å². The van der Waals surface area contributed by atoms with E-state index in [2.05, 4.69) is 33.8 Å². The van der Waals surface area contributed by atoms with Crippen molar-refractivity contribution in [1.82, 2.24) is 19.7 Å². The van der Waals surface area contributed by atoms with E-state index in [4.69, 9.17) is 0 Å². The van der Waals surface area contributed by atoms with Crippen LogP contribution in [0.5, 0.6) is 0 Å². The fourth-order valence-electron chi connectivity index (χ4n) is 2.13. The van der Waals surface area contributed by atoms with Crippen LogP contribution >= 0.6 is 11.8 Å². The first-order valence-electron chi connectivity index (χ1n) is 7.90. The predicted octanol–water partition coefficient (Wildman–Crippen LogP) is 2.85. The van der Waals surface area contributed by atoms with E-state index in [9.17, 15) is 4.79 Å². The van der Waals surface area contributed by atoms with Crippen LogP contribution in [0.15, 0.2) is 35.5 Å². The maximum Gasteiger partial charge on any atom is 0.232 e. The van der Waals surface area contributed by atoms with Crippen molar-refractivity contribution in [2.45, 2.75) is 37.9 Å². The van der Waals surface area contributed by atoms with Gasteiger partial charge in [-0.1, -0.05) is 55.4 Å². The summed E-state index contributed by atoms with van der Waals surface area (Å²) >= 11 is 1.46. The lowest BCUT2D eigenvalue weighted by Gasteiger charge is -2.11. The Balaban J connectivity index is 2.13. The monoisotopic (exact) mass is 332 g/mol. The second-order valence-corrected chi connectivity index (χ2v) is 6.59. The Morgan fingerprint density at radius 3 is 2.61 bits per heavy atom. The Labute approximate surface area is 142 Å². The number of aromatic nitrogens is 3. The second kappa shape index (κ2) is 8.72. The molecule has 0 unspecified atom stereocenters. The van der Waals surface area contributed by atoms with Crippen molar-refractivity contribution in [3.8, 4) is 0 Å². The third-order valence-corrected chi connectivity index (χ3v) is 4.51. The molecule has 0 spiro atoms. The Hall–Kier alpha value is -1.82. The van der Waals surface area contributed by atoms with Crippen molar-refractivity contribution in [2.24, 2.45) is 0 Å². The smallest absolute Gasteiger partial charge is 0.232 e. The summed E-state index contributed by atoms with van der Waals surface area (Å²) < 4.78 is 2.16. The zero-order chi connectivity index (χ0) is 16.7. The number of rotatable bonds is 8. The van der Waals surface area contributed by atoms with Crippen LogP contribution in [-0.4, -0.2) is 45.4 Å². The summed E-state index contributed by atoms with van der Waals surface area (Å²) in [5.74, 6) is 1.44. The summed E-state index contributed by atoms with van der Waals surface area (Å²) in [6, 6.07) is 10.3. The van der Waals surface area contributed by atoms with Crippen molar-refractivity contribution < 1.29 is 4.79 Å². The number of hydrogen-bond acceptors (Lipinski definition) is 4. The molecule has 6 heteroatoms. The highest BCUT2D eigenvalue weighted by atomic mass is 32.2. The summed E-state index contributed by atoms with van der Waals surface area (Å²) in [5, 5.41) is 9.49. The molecule has 0 aliphatic heterocycles. The second-order valence-electron chi connectivity index (χ2n) is 5.64. The van der Waals surface area contributed by atoms with Gasteiger partial charge in [-0.05, 0) is 12.0 Å². The highest BCUT2D eigenvalue weighted by Crippen LogP contribution is 2.20. The summed E-state index contributed by atoms with van der Waals surface area (Å²) in [5.41, 5.74) is 1.22. The van der Waals surface area contributed by atoms with E-state index < -0.39 is 0 Å². The number of benzene rings is 1. The number of nitrogens with zero attached hydrogens (tertiary/aromatic N) is 4. The topological polar surface area (TPSA) is 51.0 Å². The average Bonchev–Trinajstić information content (AvgIpc) is 2.93. The maximum absolute atomic E-state index is 11.8. The minimum Gasteiger partial charge on any atom is -0.348 e. The van der Waals surface area contributed by atoms with E-state index in [-0.39, 0.29) is 5.91 Å². The number of carbonyl (C=O) groups excluding carboxylic acids is 1. The zero-order valence-corrected chi connectivity index (χ0v) is 14.8. The maximum atomic E-state index is 11.8. The molecule has 0 fully saturated rings.